The molecular formula is C25H22ClFN2O6. The molecule has 1 heterocycles. The number of nitro groups is 1. The molecule has 35 heavy (non-hydrogen) atoms. The third-order valence-corrected chi connectivity index (χ3v) is 5.59. The van der Waals surface area contributed by atoms with Gasteiger partial charge in [-0.15, -0.1) is 0 Å². The van der Waals surface area contributed by atoms with Crippen LogP contribution in [-0.4, -0.2) is 35.8 Å². The fourth-order valence-electron chi connectivity index (χ4n) is 3.62. The van der Waals surface area contributed by atoms with Crippen molar-refractivity contribution in [2.45, 2.75) is 25.7 Å². The van der Waals surface area contributed by atoms with Crippen molar-refractivity contribution in [2.24, 2.45) is 0 Å². The fourth-order valence-corrected chi connectivity index (χ4v) is 3.89. The molecule has 1 atom stereocenters. The summed E-state index contributed by atoms with van der Waals surface area (Å²) in [5.74, 6) is -1.74. The van der Waals surface area contributed by atoms with Crippen molar-refractivity contribution < 1.29 is 28.3 Å². The van der Waals surface area contributed by atoms with Gasteiger partial charge in [-0.3, -0.25) is 14.9 Å². The number of nitro benzene ring substituents is 1. The number of rotatable bonds is 8. The van der Waals surface area contributed by atoms with Gasteiger partial charge in [0.2, 0.25) is 0 Å². The standard InChI is InChI=1S/C25H22ClFN2O6/c1-25(2)34-14-17(35-25)13-33-16-8-10-21(27)19(12-16)24(30)18-9-7-15(11-20(18)26)28-22-5-3-4-6-23(22)29(31)32/h3-12,17,28H,13-14H2,1-2H3. The number of para-hydroxylation sites is 2. The number of hydrogen-bond acceptors (Lipinski definition) is 7. The van der Waals surface area contributed by atoms with Crippen LogP contribution < -0.4 is 10.1 Å². The second-order valence-corrected chi connectivity index (χ2v) is 8.73. The van der Waals surface area contributed by atoms with Gasteiger partial charge in [-0.05, 0) is 56.3 Å². The second-order valence-electron chi connectivity index (χ2n) is 8.33. The first-order valence-electron chi connectivity index (χ1n) is 10.7. The predicted molar refractivity (Wildman–Crippen MR) is 128 cm³/mol. The monoisotopic (exact) mass is 500 g/mol. The van der Waals surface area contributed by atoms with Gasteiger partial charge < -0.3 is 19.5 Å². The Morgan fingerprint density at radius 3 is 2.66 bits per heavy atom. The summed E-state index contributed by atoms with van der Waals surface area (Å²) < 4.78 is 31.4. The molecule has 0 amide bonds. The lowest BCUT2D eigenvalue weighted by molar-refractivity contribution is -0.383. The molecule has 0 radical (unpaired) electrons. The average molecular weight is 501 g/mol. The normalized spacial score (nSPS) is 16.6. The van der Waals surface area contributed by atoms with E-state index in [4.69, 9.17) is 25.8 Å². The lowest BCUT2D eigenvalue weighted by Gasteiger charge is -2.17. The lowest BCUT2D eigenvalue weighted by Crippen LogP contribution is -2.25. The van der Waals surface area contributed by atoms with Crippen molar-refractivity contribution >= 4 is 34.4 Å². The molecule has 3 aromatic carbocycles. The minimum absolute atomic E-state index is 0.0584. The SMILES string of the molecule is CC1(C)OCC(COc2ccc(F)c(C(=O)c3ccc(Nc4ccccc4[N+](=O)[O-])cc3Cl)c2)O1. The van der Waals surface area contributed by atoms with Crippen LogP contribution in [0.4, 0.5) is 21.5 Å². The highest BCUT2D eigenvalue weighted by atomic mass is 35.5. The summed E-state index contributed by atoms with van der Waals surface area (Å²) in [7, 11) is 0. The number of halogens is 2. The molecule has 0 spiro atoms. The topological polar surface area (TPSA) is 99.9 Å². The third-order valence-electron chi connectivity index (χ3n) is 5.28. The first-order valence-corrected chi connectivity index (χ1v) is 11.1. The number of nitrogens with one attached hydrogen (secondary N) is 1. The van der Waals surface area contributed by atoms with Crippen molar-refractivity contribution in [1.82, 2.24) is 0 Å². The molecule has 1 unspecified atom stereocenters. The Bertz CT molecular complexity index is 1280. The van der Waals surface area contributed by atoms with E-state index < -0.39 is 22.3 Å². The Kier molecular flexibility index (Phi) is 7.02. The van der Waals surface area contributed by atoms with Crippen LogP contribution in [0.1, 0.15) is 29.8 Å². The van der Waals surface area contributed by atoms with E-state index in [0.717, 1.165) is 6.07 Å². The van der Waals surface area contributed by atoms with Gasteiger partial charge in [-0.1, -0.05) is 23.7 Å². The van der Waals surface area contributed by atoms with Crippen LogP contribution in [0, 0.1) is 15.9 Å². The van der Waals surface area contributed by atoms with E-state index in [-0.39, 0.29) is 40.2 Å². The van der Waals surface area contributed by atoms with Gasteiger partial charge in [0.15, 0.2) is 11.6 Å². The highest BCUT2D eigenvalue weighted by Crippen LogP contribution is 2.31. The Labute approximate surface area is 205 Å². The summed E-state index contributed by atoms with van der Waals surface area (Å²) in [5.41, 5.74) is 0.460. The van der Waals surface area contributed by atoms with Crippen LogP contribution in [0.2, 0.25) is 5.02 Å². The maximum Gasteiger partial charge on any atom is 0.292 e. The molecule has 1 saturated heterocycles. The molecule has 4 rings (SSSR count). The number of carbonyl (C=O) groups is 1. The Morgan fingerprint density at radius 2 is 1.97 bits per heavy atom. The van der Waals surface area contributed by atoms with Crippen molar-refractivity contribution in [2.75, 3.05) is 18.5 Å². The van der Waals surface area contributed by atoms with E-state index in [1.54, 1.807) is 32.0 Å². The fraction of sp³-hybridized carbons (Fsp3) is 0.240. The molecule has 1 aliphatic rings. The highest BCUT2D eigenvalue weighted by Gasteiger charge is 2.33. The van der Waals surface area contributed by atoms with E-state index in [2.05, 4.69) is 5.32 Å². The maximum atomic E-state index is 14.5. The van der Waals surface area contributed by atoms with Crippen LogP contribution in [-0.2, 0) is 9.47 Å². The summed E-state index contributed by atoms with van der Waals surface area (Å²) in [6.07, 6.45) is -0.288. The number of ketones is 1. The van der Waals surface area contributed by atoms with Crippen LogP contribution in [0.15, 0.2) is 60.7 Å². The van der Waals surface area contributed by atoms with Crippen molar-refractivity contribution in [3.63, 3.8) is 0 Å². The maximum absolute atomic E-state index is 14.5. The molecule has 182 valence electrons. The zero-order valence-electron chi connectivity index (χ0n) is 18.9. The van der Waals surface area contributed by atoms with Crippen LogP contribution in [0.25, 0.3) is 0 Å². The summed E-state index contributed by atoms with van der Waals surface area (Å²) >= 11 is 6.33. The van der Waals surface area contributed by atoms with Crippen LogP contribution in [0.5, 0.6) is 5.75 Å². The second kappa shape index (κ2) is 9.99. The number of ether oxygens (including phenoxy) is 3. The van der Waals surface area contributed by atoms with Crippen LogP contribution in [0.3, 0.4) is 0 Å². The Morgan fingerprint density at radius 1 is 1.20 bits per heavy atom. The van der Waals surface area contributed by atoms with E-state index in [1.165, 1.54) is 36.4 Å². The molecule has 0 bridgehead atoms. The molecule has 0 aliphatic carbocycles. The average Bonchev–Trinajstić information content (AvgIpc) is 3.17. The summed E-state index contributed by atoms with van der Waals surface area (Å²) in [6.45, 7) is 4.14. The summed E-state index contributed by atoms with van der Waals surface area (Å²) in [6, 6.07) is 14.4. The number of hydrogen-bond donors (Lipinski definition) is 1. The third kappa shape index (κ3) is 5.76. The number of anilines is 2. The minimum atomic E-state index is -0.720. The first-order chi connectivity index (χ1) is 16.6. The Hall–Kier alpha value is -3.53. The smallest absolute Gasteiger partial charge is 0.292 e. The van der Waals surface area contributed by atoms with Gasteiger partial charge in [0.05, 0.1) is 22.1 Å². The molecule has 0 aromatic heterocycles. The van der Waals surface area contributed by atoms with Gasteiger partial charge in [0.25, 0.3) is 5.69 Å². The lowest BCUT2D eigenvalue weighted by atomic mass is 10.0. The zero-order valence-corrected chi connectivity index (χ0v) is 19.7. The van der Waals surface area contributed by atoms with E-state index >= 15 is 0 Å². The summed E-state index contributed by atoms with van der Waals surface area (Å²) in [4.78, 5) is 23.8. The van der Waals surface area contributed by atoms with Gasteiger partial charge in [-0.25, -0.2) is 4.39 Å². The van der Waals surface area contributed by atoms with Crippen molar-refractivity contribution in [3.05, 3.63) is 92.7 Å². The molecule has 1 N–H and O–H groups in total. The van der Waals surface area contributed by atoms with Crippen molar-refractivity contribution in [3.8, 4) is 5.75 Å². The number of nitrogens with zero attached hydrogens (tertiary/aromatic N) is 1. The van der Waals surface area contributed by atoms with Gasteiger partial charge in [0.1, 0.15) is 30.0 Å². The molecule has 10 heteroatoms. The van der Waals surface area contributed by atoms with Gasteiger partial charge >= 0.3 is 0 Å². The minimum Gasteiger partial charge on any atom is -0.491 e. The molecule has 1 fully saturated rings. The quantitative estimate of drug-likeness (QED) is 0.234. The molecular weight excluding hydrogens is 479 g/mol. The van der Waals surface area contributed by atoms with E-state index in [9.17, 15) is 19.3 Å². The molecule has 1 aliphatic heterocycles. The largest absolute Gasteiger partial charge is 0.491 e. The molecule has 8 nitrogen and oxygen atoms in total. The van der Waals surface area contributed by atoms with Gasteiger partial charge in [-0.2, -0.15) is 0 Å². The Balaban J connectivity index is 1.50. The predicted octanol–water partition coefficient (Wildman–Crippen LogP) is 5.89. The summed E-state index contributed by atoms with van der Waals surface area (Å²) in [5, 5.41) is 14.2. The van der Waals surface area contributed by atoms with E-state index in [1.807, 2.05) is 0 Å². The van der Waals surface area contributed by atoms with Crippen LogP contribution >= 0.6 is 11.6 Å². The van der Waals surface area contributed by atoms with Gasteiger partial charge in [0, 0.05) is 17.3 Å². The number of carbonyl (C=O) groups excluding carboxylic acids is 1. The molecule has 0 saturated carbocycles. The van der Waals surface area contributed by atoms with E-state index in [0.29, 0.717) is 18.0 Å². The zero-order chi connectivity index (χ0) is 25.2. The number of benzene rings is 3. The van der Waals surface area contributed by atoms with Crippen molar-refractivity contribution in [1.29, 1.82) is 0 Å². The first kappa shape index (κ1) is 24.6. The molecule has 3 aromatic rings. The highest BCUT2D eigenvalue weighted by molar-refractivity contribution is 6.35.